The van der Waals surface area contributed by atoms with Gasteiger partial charge < -0.3 is 15.5 Å². The third kappa shape index (κ3) is 6.59. The standard InChI is InChI=1S/C14H29N3O.ClH/c1-4-10-17(5-2)11-9-16-14(18)13-7-6-8-15-12(13)3;/h12-13,15H,4-11H2,1-3H3,(H,16,18);1H. The third-order valence-corrected chi connectivity index (χ3v) is 3.81. The van der Waals surface area contributed by atoms with Crippen LogP contribution in [0.15, 0.2) is 0 Å². The monoisotopic (exact) mass is 291 g/mol. The Hall–Kier alpha value is -0.320. The van der Waals surface area contributed by atoms with Crippen LogP contribution >= 0.6 is 12.4 Å². The molecule has 0 spiro atoms. The zero-order chi connectivity index (χ0) is 13.4. The van der Waals surface area contributed by atoms with Crippen molar-refractivity contribution in [2.45, 2.75) is 46.1 Å². The summed E-state index contributed by atoms with van der Waals surface area (Å²) < 4.78 is 0. The lowest BCUT2D eigenvalue weighted by molar-refractivity contribution is -0.126. The minimum atomic E-state index is 0. The lowest BCUT2D eigenvalue weighted by atomic mass is 9.91. The molecule has 0 saturated carbocycles. The lowest BCUT2D eigenvalue weighted by Gasteiger charge is -2.29. The van der Waals surface area contributed by atoms with E-state index in [0.717, 1.165) is 45.6 Å². The maximum absolute atomic E-state index is 12.1. The number of hydrogen-bond acceptors (Lipinski definition) is 3. The maximum atomic E-state index is 12.1. The second kappa shape index (κ2) is 10.5. The van der Waals surface area contributed by atoms with Gasteiger partial charge in [0.15, 0.2) is 0 Å². The molecule has 4 nitrogen and oxygen atoms in total. The predicted molar refractivity (Wildman–Crippen MR) is 82.9 cm³/mol. The molecule has 0 bridgehead atoms. The van der Waals surface area contributed by atoms with Crippen molar-refractivity contribution in [1.82, 2.24) is 15.5 Å². The topological polar surface area (TPSA) is 44.4 Å². The van der Waals surface area contributed by atoms with Gasteiger partial charge in [-0.3, -0.25) is 4.79 Å². The van der Waals surface area contributed by atoms with Crippen molar-refractivity contribution in [2.24, 2.45) is 5.92 Å². The summed E-state index contributed by atoms with van der Waals surface area (Å²) in [6.07, 6.45) is 3.30. The molecule has 2 atom stereocenters. The van der Waals surface area contributed by atoms with E-state index in [0.29, 0.717) is 6.04 Å². The average Bonchev–Trinajstić information content (AvgIpc) is 2.38. The molecule has 114 valence electrons. The highest BCUT2D eigenvalue weighted by atomic mass is 35.5. The minimum Gasteiger partial charge on any atom is -0.355 e. The van der Waals surface area contributed by atoms with Gasteiger partial charge in [-0.1, -0.05) is 13.8 Å². The zero-order valence-corrected chi connectivity index (χ0v) is 13.4. The summed E-state index contributed by atoms with van der Waals surface area (Å²) in [6.45, 7) is 11.4. The summed E-state index contributed by atoms with van der Waals surface area (Å²) in [4.78, 5) is 14.4. The average molecular weight is 292 g/mol. The van der Waals surface area contributed by atoms with Crippen LogP contribution in [-0.2, 0) is 4.79 Å². The van der Waals surface area contributed by atoms with Crippen LogP contribution < -0.4 is 10.6 Å². The highest BCUT2D eigenvalue weighted by Gasteiger charge is 2.26. The van der Waals surface area contributed by atoms with Gasteiger partial charge in [0, 0.05) is 19.1 Å². The molecule has 0 aromatic rings. The van der Waals surface area contributed by atoms with Gasteiger partial charge in [0.2, 0.25) is 5.91 Å². The second-order valence-electron chi connectivity index (χ2n) is 5.22. The van der Waals surface area contributed by atoms with Crippen LogP contribution in [0.1, 0.15) is 40.0 Å². The Kier molecular flexibility index (Phi) is 10.3. The highest BCUT2D eigenvalue weighted by Crippen LogP contribution is 2.15. The molecule has 0 radical (unpaired) electrons. The number of rotatable bonds is 7. The van der Waals surface area contributed by atoms with Crippen LogP contribution in [0.5, 0.6) is 0 Å². The van der Waals surface area contributed by atoms with E-state index in [1.54, 1.807) is 0 Å². The molecule has 0 aromatic carbocycles. The zero-order valence-electron chi connectivity index (χ0n) is 12.6. The van der Waals surface area contributed by atoms with Crippen molar-refractivity contribution in [3.63, 3.8) is 0 Å². The van der Waals surface area contributed by atoms with Crippen molar-refractivity contribution in [3.8, 4) is 0 Å². The lowest BCUT2D eigenvalue weighted by Crippen LogP contribution is -2.47. The first-order valence-corrected chi connectivity index (χ1v) is 7.42. The largest absolute Gasteiger partial charge is 0.355 e. The van der Waals surface area contributed by atoms with E-state index in [1.165, 1.54) is 6.42 Å². The number of carbonyl (C=O) groups excluding carboxylic acids is 1. The van der Waals surface area contributed by atoms with Crippen LogP contribution in [0.2, 0.25) is 0 Å². The molecule has 5 heteroatoms. The molecule has 1 amide bonds. The fourth-order valence-electron chi connectivity index (χ4n) is 2.61. The quantitative estimate of drug-likeness (QED) is 0.750. The normalized spacial score (nSPS) is 22.9. The van der Waals surface area contributed by atoms with Crippen LogP contribution in [0, 0.1) is 5.92 Å². The smallest absolute Gasteiger partial charge is 0.224 e. The third-order valence-electron chi connectivity index (χ3n) is 3.81. The molecule has 1 aliphatic rings. The number of amides is 1. The van der Waals surface area contributed by atoms with E-state index in [-0.39, 0.29) is 24.2 Å². The van der Waals surface area contributed by atoms with Crippen LogP contribution in [0.25, 0.3) is 0 Å². The fourth-order valence-corrected chi connectivity index (χ4v) is 2.61. The number of likely N-dealkylation sites (N-methyl/N-ethyl adjacent to an activating group) is 1. The molecule has 1 aliphatic heterocycles. The SMILES string of the molecule is CCCN(CC)CCNC(=O)C1CCCNC1C.Cl. The summed E-state index contributed by atoms with van der Waals surface area (Å²) in [5.41, 5.74) is 0. The molecule has 1 saturated heterocycles. The number of nitrogens with zero attached hydrogens (tertiary/aromatic N) is 1. The van der Waals surface area contributed by atoms with E-state index in [4.69, 9.17) is 0 Å². The Bertz CT molecular complexity index is 251. The van der Waals surface area contributed by atoms with Crippen LogP contribution in [0.4, 0.5) is 0 Å². The Balaban J connectivity index is 0.00000324. The van der Waals surface area contributed by atoms with E-state index >= 15 is 0 Å². The van der Waals surface area contributed by atoms with Gasteiger partial charge in [-0.05, 0) is 45.8 Å². The molecule has 2 unspecified atom stereocenters. The van der Waals surface area contributed by atoms with Crippen LogP contribution in [-0.4, -0.2) is 49.6 Å². The Morgan fingerprint density at radius 1 is 1.37 bits per heavy atom. The van der Waals surface area contributed by atoms with Crippen molar-refractivity contribution >= 4 is 18.3 Å². The van der Waals surface area contributed by atoms with Crippen molar-refractivity contribution in [2.75, 3.05) is 32.7 Å². The highest BCUT2D eigenvalue weighted by molar-refractivity contribution is 5.85. The molecule has 1 heterocycles. The van der Waals surface area contributed by atoms with E-state index < -0.39 is 0 Å². The van der Waals surface area contributed by atoms with Gasteiger partial charge in [0.1, 0.15) is 0 Å². The molecule has 1 fully saturated rings. The summed E-state index contributed by atoms with van der Waals surface area (Å²) in [6, 6.07) is 0.316. The van der Waals surface area contributed by atoms with Crippen molar-refractivity contribution < 1.29 is 4.79 Å². The first kappa shape index (κ1) is 18.7. The molecule has 1 rings (SSSR count). The number of carbonyl (C=O) groups is 1. The van der Waals surface area contributed by atoms with Gasteiger partial charge in [-0.15, -0.1) is 12.4 Å². The first-order valence-electron chi connectivity index (χ1n) is 7.42. The maximum Gasteiger partial charge on any atom is 0.224 e. The molecule has 0 aromatic heterocycles. The summed E-state index contributed by atoms with van der Waals surface area (Å²) in [5, 5.41) is 6.46. The van der Waals surface area contributed by atoms with Crippen LogP contribution in [0.3, 0.4) is 0 Å². The number of piperidine rings is 1. The molecule has 19 heavy (non-hydrogen) atoms. The number of halogens is 1. The van der Waals surface area contributed by atoms with Crippen molar-refractivity contribution in [3.05, 3.63) is 0 Å². The molecule has 2 N–H and O–H groups in total. The fraction of sp³-hybridized carbons (Fsp3) is 0.929. The first-order chi connectivity index (χ1) is 8.69. The summed E-state index contributed by atoms with van der Waals surface area (Å²) >= 11 is 0. The van der Waals surface area contributed by atoms with Gasteiger partial charge in [-0.2, -0.15) is 0 Å². The van der Waals surface area contributed by atoms with E-state index in [2.05, 4.69) is 36.3 Å². The van der Waals surface area contributed by atoms with Gasteiger partial charge >= 0.3 is 0 Å². The van der Waals surface area contributed by atoms with Crippen molar-refractivity contribution in [1.29, 1.82) is 0 Å². The summed E-state index contributed by atoms with van der Waals surface area (Å²) in [5.74, 6) is 0.377. The Morgan fingerprint density at radius 2 is 2.11 bits per heavy atom. The van der Waals surface area contributed by atoms with E-state index in [1.807, 2.05) is 0 Å². The number of hydrogen-bond donors (Lipinski definition) is 2. The van der Waals surface area contributed by atoms with Gasteiger partial charge in [0.05, 0.1) is 5.92 Å². The number of nitrogens with one attached hydrogen (secondary N) is 2. The van der Waals surface area contributed by atoms with Gasteiger partial charge in [-0.25, -0.2) is 0 Å². The second-order valence-corrected chi connectivity index (χ2v) is 5.22. The Morgan fingerprint density at radius 3 is 2.68 bits per heavy atom. The molecular formula is C14H30ClN3O. The minimum absolute atomic E-state index is 0. The van der Waals surface area contributed by atoms with E-state index in [9.17, 15) is 4.79 Å². The predicted octanol–water partition coefficient (Wildman–Crippen LogP) is 1.64. The summed E-state index contributed by atoms with van der Waals surface area (Å²) in [7, 11) is 0. The Labute approximate surface area is 124 Å². The molecule has 0 aliphatic carbocycles. The van der Waals surface area contributed by atoms with Gasteiger partial charge in [0.25, 0.3) is 0 Å². The molecular weight excluding hydrogens is 262 g/mol.